The van der Waals surface area contributed by atoms with Crippen molar-refractivity contribution in [2.45, 2.75) is 25.8 Å². The van der Waals surface area contributed by atoms with Crippen LogP contribution in [-0.2, 0) is 9.59 Å². The number of nitrogens with one attached hydrogen (secondary N) is 2. The van der Waals surface area contributed by atoms with Gasteiger partial charge in [0.15, 0.2) is 0 Å². The second kappa shape index (κ2) is 5.76. The molecule has 0 saturated carbocycles. The van der Waals surface area contributed by atoms with Crippen molar-refractivity contribution in [1.82, 2.24) is 14.8 Å². The van der Waals surface area contributed by atoms with Crippen molar-refractivity contribution in [1.29, 1.82) is 0 Å². The summed E-state index contributed by atoms with van der Waals surface area (Å²) in [6.45, 7) is 1.74. The standard InChI is InChI=1S/C14H14ClN5O2/c1-2-11(21)16-13-18-14-17-12(22)7-10(20(14)19-13)8-3-5-9(15)6-4-8/h3-6,10H,2,7H2,1H3,(H2,16,17,18,19,21,22). The number of carbonyl (C=O) groups is 2. The molecule has 1 atom stereocenters. The molecule has 2 heterocycles. The van der Waals surface area contributed by atoms with Gasteiger partial charge in [-0.15, -0.1) is 5.10 Å². The summed E-state index contributed by atoms with van der Waals surface area (Å²) in [4.78, 5) is 27.4. The van der Waals surface area contributed by atoms with Crippen molar-refractivity contribution in [3.63, 3.8) is 0 Å². The van der Waals surface area contributed by atoms with E-state index in [9.17, 15) is 9.59 Å². The fourth-order valence-corrected chi connectivity index (χ4v) is 2.40. The van der Waals surface area contributed by atoms with Crippen LogP contribution in [0.3, 0.4) is 0 Å². The summed E-state index contributed by atoms with van der Waals surface area (Å²) < 4.78 is 1.61. The van der Waals surface area contributed by atoms with E-state index in [1.165, 1.54) is 0 Å². The lowest BCUT2D eigenvalue weighted by atomic mass is 10.0. The molecule has 22 heavy (non-hydrogen) atoms. The fraction of sp³-hybridized carbons (Fsp3) is 0.286. The molecule has 1 aromatic carbocycles. The number of hydrogen-bond donors (Lipinski definition) is 2. The van der Waals surface area contributed by atoms with Gasteiger partial charge in [-0.1, -0.05) is 30.7 Å². The SMILES string of the molecule is CCC(=O)Nc1nc2n(n1)C(c1ccc(Cl)cc1)CC(=O)N2. The monoisotopic (exact) mass is 319 g/mol. The molecular weight excluding hydrogens is 306 g/mol. The van der Waals surface area contributed by atoms with Gasteiger partial charge in [-0.05, 0) is 17.7 Å². The van der Waals surface area contributed by atoms with Crippen molar-refractivity contribution in [3.8, 4) is 0 Å². The molecule has 3 rings (SSSR count). The van der Waals surface area contributed by atoms with E-state index in [2.05, 4.69) is 20.7 Å². The van der Waals surface area contributed by atoms with Gasteiger partial charge in [0, 0.05) is 11.4 Å². The molecule has 1 aliphatic heterocycles. The van der Waals surface area contributed by atoms with E-state index in [1.54, 1.807) is 23.7 Å². The number of aromatic nitrogens is 3. The van der Waals surface area contributed by atoms with Crippen molar-refractivity contribution >= 4 is 35.3 Å². The average Bonchev–Trinajstić information content (AvgIpc) is 2.89. The summed E-state index contributed by atoms with van der Waals surface area (Å²) in [6, 6.07) is 6.95. The molecule has 2 N–H and O–H groups in total. The Morgan fingerprint density at radius 1 is 1.45 bits per heavy atom. The molecule has 0 radical (unpaired) electrons. The quantitative estimate of drug-likeness (QED) is 0.907. The van der Waals surface area contributed by atoms with Crippen LogP contribution in [0, 0.1) is 0 Å². The van der Waals surface area contributed by atoms with Crippen molar-refractivity contribution in [2.75, 3.05) is 10.6 Å². The third-order valence-corrected chi connectivity index (χ3v) is 3.64. The Labute approximate surface area is 131 Å². The summed E-state index contributed by atoms with van der Waals surface area (Å²) in [7, 11) is 0. The van der Waals surface area contributed by atoms with Gasteiger partial charge in [0.1, 0.15) is 0 Å². The Kier molecular flexibility index (Phi) is 3.81. The van der Waals surface area contributed by atoms with Gasteiger partial charge in [0.2, 0.25) is 17.8 Å². The molecule has 114 valence electrons. The fourth-order valence-electron chi connectivity index (χ4n) is 2.27. The molecule has 2 aromatic rings. The van der Waals surface area contributed by atoms with E-state index in [4.69, 9.17) is 11.6 Å². The van der Waals surface area contributed by atoms with Crippen LogP contribution in [0.5, 0.6) is 0 Å². The molecule has 0 fully saturated rings. The van der Waals surface area contributed by atoms with E-state index < -0.39 is 0 Å². The van der Waals surface area contributed by atoms with Gasteiger partial charge in [-0.3, -0.25) is 20.2 Å². The van der Waals surface area contributed by atoms with Gasteiger partial charge < -0.3 is 0 Å². The predicted molar refractivity (Wildman–Crippen MR) is 81.8 cm³/mol. The number of anilines is 2. The first-order valence-corrected chi connectivity index (χ1v) is 7.26. The Bertz CT molecular complexity index is 725. The van der Waals surface area contributed by atoms with Crippen LogP contribution in [-0.4, -0.2) is 26.6 Å². The largest absolute Gasteiger partial charge is 0.295 e. The average molecular weight is 320 g/mol. The topological polar surface area (TPSA) is 88.9 Å². The lowest BCUT2D eigenvalue weighted by Gasteiger charge is -2.23. The third-order valence-electron chi connectivity index (χ3n) is 3.38. The summed E-state index contributed by atoms with van der Waals surface area (Å²) in [5, 5.41) is 10.1. The Hall–Kier alpha value is -2.41. The molecule has 0 bridgehead atoms. The number of halogens is 1. The second-order valence-electron chi connectivity index (χ2n) is 4.92. The van der Waals surface area contributed by atoms with Crippen LogP contribution in [0.2, 0.25) is 5.02 Å². The molecule has 2 amide bonds. The Balaban J connectivity index is 1.96. The molecule has 0 saturated heterocycles. The van der Waals surface area contributed by atoms with Crippen LogP contribution in [0.4, 0.5) is 11.9 Å². The number of nitrogens with zero attached hydrogens (tertiary/aromatic N) is 3. The van der Waals surface area contributed by atoms with Crippen LogP contribution in [0.1, 0.15) is 31.4 Å². The molecule has 7 nitrogen and oxygen atoms in total. The van der Waals surface area contributed by atoms with E-state index in [1.807, 2.05) is 12.1 Å². The number of amides is 2. The highest BCUT2D eigenvalue weighted by Gasteiger charge is 2.29. The first-order chi connectivity index (χ1) is 10.6. The van der Waals surface area contributed by atoms with Gasteiger partial charge in [-0.25, -0.2) is 4.68 Å². The van der Waals surface area contributed by atoms with E-state index in [0.717, 1.165) is 5.56 Å². The highest BCUT2D eigenvalue weighted by atomic mass is 35.5. The van der Waals surface area contributed by atoms with Gasteiger partial charge in [-0.2, -0.15) is 4.98 Å². The van der Waals surface area contributed by atoms with E-state index in [0.29, 0.717) is 17.4 Å². The number of rotatable bonds is 3. The van der Waals surface area contributed by atoms with Gasteiger partial charge in [0.05, 0.1) is 12.5 Å². The van der Waals surface area contributed by atoms with Crippen LogP contribution in [0.15, 0.2) is 24.3 Å². The van der Waals surface area contributed by atoms with Gasteiger partial charge in [0.25, 0.3) is 5.95 Å². The first kappa shape index (κ1) is 14.5. The number of carbonyl (C=O) groups excluding carboxylic acids is 2. The second-order valence-corrected chi connectivity index (χ2v) is 5.36. The zero-order valence-electron chi connectivity index (χ0n) is 11.8. The zero-order valence-corrected chi connectivity index (χ0v) is 12.6. The molecule has 1 aliphatic rings. The maximum absolute atomic E-state index is 11.9. The molecule has 1 unspecified atom stereocenters. The van der Waals surface area contributed by atoms with Crippen LogP contribution < -0.4 is 10.6 Å². The lowest BCUT2D eigenvalue weighted by Crippen LogP contribution is -2.29. The molecule has 0 aliphatic carbocycles. The predicted octanol–water partition coefficient (Wildman–Crippen LogP) is 2.21. The number of fused-ring (bicyclic) bond motifs is 1. The minimum atomic E-state index is -0.277. The van der Waals surface area contributed by atoms with E-state index >= 15 is 0 Å². The molecule has 8 heteroatoms. The normalized spacial score (nSPS) is 16.8. The summed E-state index contributed by atoms with van der Waals surface area (Å²) in [5.74, 6) is 0.177. The van der Waals surface area contributed by atoms with Crippen molar-refractivity contribution in [2.24, 2.45) is 0 Å². The maximum Gasteiger partial charge on any atom is 0.250 e. The highest BCUT2D eigenvalue weighted by Crippen LogP contribution is 2.30. The summed E-state index contributed by atoms with van der Waals surface area (Å²) in [6.07, 6.45) is 0.579. The van der Waals surface area contributed by atoms with Crippen molar-refractivity contribution in [3.05, 3.63) is 34.9 Å². The highest BCUT2D eigenvalue weighted by molar-refractivity contribution is 6.30. The lowest BCUT2D eigenvalue weighted by molar-refractivity contribution is -0.117. The molecule has 0 spiro atoms. The van der Waals surface area contributed by atoms with Crippen molar-refractivity contribution < 1.29 is 9.59 Å². The van der Waals surface area contributed by atoms with E-state index in [-0.39, 0.29) is 30.2 Å². The number of hydrogen-bond acceptors (Lipinski definition) is 4. The smallest absolute Gasteiger partial charge is 0.250 e. The zero-order chi connectivity index (χ0) is 15.7. The van der Waals surface area contributed by atoms with Gasteiger partial charge >= 0.3 is 0 Å². The van der Waals surface area contributed by atoms with Crippen LogP contribution in [0.25, 0.3) is 0 Å². The minimum absolute atomic E-state index is 0.145. The molecule has 1 aromatic heterocycles. The Morgan fingerprint density at radius 3 is 2.86 bits per heavy atom. The maximum atomic E-state index is 11.9. The minimum Gasteiger partial charge on any atom is -0.295 e. The summed E-state index contributed by atoms with van der Waals surface area (Å²) in [5.41, 5.74) is 0.902. The Morgan fingerprint density at radius 2 is 2.18 bits per heavy atom. The van der Waals surface area contributed by atoms with Crippen LogP contribution >= 0.6 is 11.6 Å². The first-order valence-electron chi connectivity index (χ1n) is 6.88. The summed E-state index contributed by atoms with van der Waals surface area (Å²) >= 11 is 5.90. The third kappa shape index (κ3) is 2.80. The molecular formula is C14H14ClN5O2. The number of benzene rings is 1.